The molecule has 2 aromatic carbocycles. The van der Waals surface area contributed by atoms with Crippen molar-refractivity contribution < 1.29 is 23.5 Å². The molecular formula is C21H21N3O5. The summed E-state index contributed by atoms with van der Waals surface area (Å²) in [7, 11) is 1.58. The van der Waals surface area contributed by atoms with Gasteiger partial charge in [0.15, 0.2) is 6.10 Å². The SMILES string of the molecule is COc1ccc(-c2nnc([C@H](C)OC(=O)CNC(=O)c3cccc(C)c3)o2)cc1. The molecule has 0 aliphatic rings. The molecule has 150 valence electrons. The van der Waals surface area contributed by atoms with E-state index in [1.54, 1.807) is 56.5 Å². The van der Waals surface area contributed by atoms with Crippen LogP contribution in [-0.2, 0) is 9.53 Å². The third kappa shape index (κ3) is 5.19. The summed E-state index contributed by atoms with van der Waals surface area (Å²) in [4.78, 5) is 24.1. The van der Waals surface area contributed by atoms with Crippen molar-refractivity contribution in [1.82, 2.24) is 15.5 Å². The van der Waals surface area contributed by atoms with Crippen molar-refractivity contribution in [2.45, 2.75) is 20.0 Å². The summed E-state index contributed by atoms with van der Waals surface area (Å²) in [6.07, 6.45) is -0.752. The minimum atomic E-state index is -0.752. The van der Waals surface area contributed by atoms with Crippen LogP contribution in [0.2, 0.25) is 0 Å². The second-order valence-corrected chi connectivity index (χ2v) is 6.36. The first kappa shape index (κ1) is 20.1. The molecule has 0 saturated heterocycles. The highest BCUT2D eigenvalue weighted by atomic mass is 16.6. The lowest BCUT2D eigenvalue weighted by molar-refractivity contribution is -0.148. The highest BCUT2D eigenvalue weighted by Crippen LogP contribution is 2.24. The molecule has 8 heteroatoms. The van der Waals surface area contributed by atoms with Crippen molar-refractivity contribution in [2.75, 3.05) is 13.7 Å². The molecule has 1 heterocycles. The summed E-state index contributed by atoms with van der Waals surface area (Å²) >= 11 is 0. The second kappa shape index (κ2) is 9.01. The van der Waals surface area contributed by atoms with Gasteiger partial charge >= 0.3 is 5.97 Å². The minimum Gasteiger partial charge on any atom is -0.497 e. The van der Waals surface area contributed by atoms with Crippen molar-refractivity contribution in [1.29, 1.82) is 0 Å². The fraction of sp³-hybridized carbons (Fsp3) is 0.238. The number of amides is 1. The summed E-state index contributed by atoms with van der Waals surface area (Å²) in [5.41, 5.74) is 2.15. The molecule has 3 rings (SSSR count). The van der Waals surface area contributed by atoms with Crippen molar-refractivity contribution in [2.24, 2.45) is 0 Å². The lowest BCUT2D eigenvalue weighted by Crippen LogP contribution is -2.31. The number of rotatable bonds is 7. The van der Waals surface area contributed by atoms with Gasteiger partial charge in [-0.25, -0.2) is 0 Å². The van der Waals surface area contributed by atoms with Crippen molar-refractivity contribution in [3.05, 3.63) is 65.5 Å². The van der Waals surface area contributed by atoms with E-state index < -0.39 is 12.1 Å². The van der Waals surface area contributed by atoms with E-state index in [0.717, 1.165) is 5.56 Å². The summed E-state index contributed by atoms with van der Waals surface area (Å²) in [5.74, 6) is 0.219. The zero-order valence-corrected chi connectivity index (χ0v) is 16.3. The number of aromatic nitrogens is 2. The zero-order valence-electron chi connectivity index (χ0n) is 16.3. The molecule has 0 spiro atoms. The molecule has 3 aromatic rings. The molecule has 1 atom stereocenters. The normalized spacial score (nSPS) is 11.6. The number of hydrogen-bond donors (Lipinski definition) is 1. The molecule has 0 aliphatic carbocycles. The van der Waals surface area contributed by atoms with Crippen LogP contribution < -0.4 is 10.1 Å². The van der Waals surface area contributed by atoms with E-state index in [1.807, 2.05) is 13.0 Å². The Morgan fingerprint density at radius 1 is 1.14 bits per heavy atom. The predicted octanol–water partition coefficient (Wildman–Crippen LogP) is 3.09. The van der Waals surface area contributed by atoms with E-state index in [1.165, 1.54) is 0 Å². The Labute approximate surface area is 167 Å². The maximum Gasteiger partial charge on any atom is 0.326 e. The van der Waals surface area contributed by atoms with Gasteiger partial charge in [0.05, 0.1) is 7.11 Å². The Balaban J connectivity index is 1.54. The van der Waals surface area contributed by atoms with Gasteiger partial charge in [-0.2, -0.15) is 0 Å². The van der Waals surface area contributed by atoms with Gasteiger partial charge in [0.2, 0.25) is 5.89 Å². The Kier molecular flexibility index (Phi) is 6.23. The van der Waals surface area contributed by atoms with Crippen LogP contribution in [0.5, 0.6) is 5.75 Å². The van der Waals surface area contributed by atoms with Crippen LogP contribution in [0.3, 0.4) is 0 Å². The number of carbonyl (C=O) groups is 2. The molecule has 0 saturated carbocycles. The molecule has 0 radical (unpaired) electrons. The van der Waals surface area contributed by atoms with Gasteiger partial charge < -0.3 is 19.2 Å². The van der Waals surface area contributed by atoms with Crippen LogP contribution in [0.4, 0.5) is 0 Å². The van der Waals surface area contributed by atoms with Crippen LogP contribution in [0.25, 0.3) is 11.5 Å². The van der Waals surface area contributed by atoms with Crippen LogP contribution in [0, 0.1) is 6.92 Å². The van der Waals surface area contributed by atoms with E-state index in [4.69, 9.17) is 13.9 Å². The lowest BCUT2D eigenvalue weighted by Gasteiger charge is -2.10. The average Bonchev–Trinajstić information content (AvgIpc) is 3.22. The smallest absolute Gasteiger partial charge is 0.326 e. The second-order valence-electron chi connectivity index (χ2n) is 6.36. The number of methoxy groups -OCH3 is 1. The average molecular weight is 395 g/mol. The summed E-state index contributed by atoms with van der Waals surface area (Å²) in [6.45, 7) is 3.24. The fourth-order valence-corrected chi connectivity index (χ4v) is 2.58. The highest BCUT2D eigenvalue weighted by molar-refractivity contribution is 5.96. The molecule has 8 nitrogen and oxygen atoms in total. The number of carbonyl (C=O) groups excluding carboxylic acids is 2. The van der Waals surface area contributed by atoms with E-state index in [-0.39, 0.29) is 18.3 Å². The van der Waals surface area contributed by atoms with E-state index >= 15 is 0 Å². The third-order valence-electron chi connectivity index (χ3n) is 4.11. The Hall–Kier alpha value is -3.68. The Bertz CT molecular complexity index is 998. The van der Waals surface area contributed by atoms with Gasteiger partial charge in [0.25, 0.3) is 11.8 Å². The number of esters is 1. The standard InChI is InChI=1S/C21H21N3O5/c1-13-5-4-6-16(11-13)19(26)22-12-18(25)28-14(2)20-23-24-21(29-20)15-7-9-17(27-3)10-8-15/h4-11,14H,12H2,1-3H3,(H,22,26)/t14-/m0/s1. The number of ether oxygens (including phenoxy) is 2. The molecule has 1 N–H and O–H groups in total. The van der Waals surface area contributed by atoms with Crippen LogP contribution in [0.15, 0.2) is 52.9 Å². The fourth-order valence-electron chi connectivity index (χ4n) is 2.58. The molecule has 0 aliphatic heterocycles. The lowest BCUT2D eigenvalue weighted by atomic mass is 10.1. The van der Waals surface area contributed by atoms with Crippen molar-refractivity contribution in [3.8, 4) is 17.2 Å². The van der Waals surface area contributed by atoms with Gasteiger partial charge in [-0.1, -0.05) is 17.7 Å². The molecule has 1 amide bonds. The first-order valence-corrected chi connectivity index (χ1v) is 8.98. The number of benzene rings is 2. The van der Waals surface area contributed by atoms with Gasteiger partial charge in [-0.15, -0.1) is 10.2 Å². The van der Waals surface area contributed by atoms with Crippen molar-refractivity contribution in [3.63, 3.8) is 0 Å². The predicted molar refractivity (Wildman–Crippen MR) is 104 cm³/mol. The maximum atomic E-state index is 12.1. The van der Waals surface area contributed by atoms with Gasteiger partial charge in [-0.3, -0.25) is 9.59 Å². The van der Waals surface area contributed by atoms with E-state index in [9.17, 15) is 9.59 Å². The molecular weight excluding hydrogens is 374 g/mol. The monoisotopic (exact) mass is 395 g/mol. The van der Waals surface area contributed by atoms with E-state index in [2.05, 4.69) is 15.5 Å². The summed E-state index contributed by atoms with van der Waals surface area (Å²) in [5, 5.41) is 10.4. The quantitative estimate of drug-likeness (QED) is 0.613. The van der Waals surface area contributed by atoms with Crippen LogP contribution >= 0.6 is 0 Å². The van der Waals surface area contributed by atoms with Gasteiger partial charge in [0, 0.05) is 11.1 Å². The largest absolute Gasteiger partial charge is 0.497 e. The number of hydrogen-bond acceptors (Lipinski definition) is 7. The zero-order chi connectivity index (χ0) is 20.8. The number of nitrogens with zero attached hydrogens (tertiary/aromatic N) is 2. The van der Waals surface area contributed by atoms with Crippen molar-refractivity contribution >= 4 is 11.9 Å². The number of nitrogens with one attached hydrogen (secondary N) is 1. The molecule has 29 heavy (non-hydrogen) atoms. The first-order valence-electron chi connectivity index (χ1n) is 8.98. The first-order chi connectivity index (χ1) is 14.0. The Morgan fingerprint density at radius 3 is 2.59 bits per heavy atom. The van der Waals surface area contributed by atoms with Gasteiger partial charge in [-0.05, 0) is 50.2 Å². The molecule has 1 aromatic heterocycles. The Morgan fingerprint density at radius 2 is 1.90 bits per heavy atom. The summed E-state index contributed by atoms with van der Waals surface area (Å²) < 4.78 is 16.0. The molecule has 0 unspecified atom stereocenters. The van der Waals surface area contributed by atoms with Crippen LogP contribution in [-0.4, -0.2) is 35.7 Å². The highest BCUT2D eigenvalue weighted by Gasteiger charge is 2.19. The number of aryl methyl sites for hydroxylation is 1. The topological polar surface area (TPSA) is 104 Å². The maximum absolute atomic E-state index is 12.1. The van der Waals surface area contributed by atoms with E-state index in [0.29, 0.717) is 22.8 Å². The molecule has 0 fully saturated rings. The van der Waals surface area contributed by atoms with Gasteiger partial charge in [0.1, 0.15) is 12.3 Å². The third-order valence-corrected chi connectivity index (χ3v) is 4.11. The minimum absolute atomic E-state index is 0.161. The van der Waals surface area contributed by atoms with Crippen LogP contribution in [0.1, 0.15) is 34.8 Å². The molecule has 0 bridgehead atoms. The summed E-state index contributed by atoms with van der Waals surface area (Å²) in [6, 6.07) is 14.2.